The first kappa shape index (κ1) is 50.2. The van der Waals surface area contributed by atoms with Gasteiger partial charge < -0.3 is 0 Å². The van der Waals surface area contributed by atoms with E-state index in [4.69, 9.17) is 13.9 Å². The zero-order chi connectivity index (χ0) is 40.0. The van der Waals surface area contributed by atoms with Crippen molar-refractivity contribution in [3.05, 3.63) is 74.8 Å². The van der Waals surface area contributed by atoms with Crippen molar-refractivity contribution < 1.29 is 0 Å². The summed E-state index contributed by atoms with van der Waals surface area (Å²) >= 11 is 2.71. The molecule has 0 bridgehead atoms. The van der Waals surface area contributed by atoms with Crippen molar-refractivity contribution >= 4 is 86.0 Å². The topological polar surface area (TPSA) is 25.8 Å². The molecule has 2 aromatic heterocycles. The molecular formula is C46H74BrClN2S2Sn2. The molecule has 4 rings (SSSR count). The maximum absolute atomic E-state index is 6.89. The average molecular weight is 1070 g/mol. The summed E-state index contributed by atoms with van der Waals surface area (Å²) in [7, 11) is 6.89. The summed E-state index contributed by atoms with van der Waals surface area (Å²) in [6, 6.07) is 13.3. The standard InChI is InChI=1S/C11H10BrNS.C11H10NS.6C4H9.ClH.2Sn/c1-7-3-4-9(5-8(7)2)11-13-6-10(12)14-11;1-8-3-4-10(7-9(8)2)11-12-5-6-13-11;6*1-3-4-2;;;/h3-6H,1-2H3;3-5,7H,1-2H3;6*1,3-4H2,2H3;1H;;/q;;;;;;;;;;+1/p-1. The summed E-state index contributed by atoms with van der Waals surface area (Å²) in [4.78, 5) is 9.25. The van der Waals surface area contributed by atoms with Crippen LogP contribution in [0.5, 0.6) is 0 Å². The van der Waals surface area contributed by atoms with Crippen LogP contribution in [0.25, 0.3) is 21.1 Å². The van der Waals surface area contributed by atoms with Gasteiger partial charge in [-0.05, 0) is 47.0 Å². The molecule has 2 nitrogen and oxygen atoms in total. The normalized spacial score (nSPS) is 11.6. The third kappa shape index (κ3) is 17.5. The van der Waals surface area contributed by atoms with Crippen LogP contribution in [0.15, 0.2) is 52.6 Å². The molecule has 8 heteroatoms. The molecule has 2 aromatic carbocycles. The Labute approximate surface area is 361 Å². The van der Waals surface area contributed by atoms with Crippen molar-refractivity contribution in [3.63, 3.8) is 0 Å². The monoisotopic (exact) mass is 1070 g/mol. The molecule has 54 heavy (non-hydrogen) atoms. The van der Waals surface area contributed by atoms with Crippen LogP contribution in [-0.2, 0) is 0 Å². The number of thiazole rings is 2. The fraction of sp³-hybridized carbons (Fsp3) is 0.609. The van der Waals surface area contributed by atoms with Crippen LogP contribution >= 0.6 is 47.5 Å². The number of aromatic nitrogens is 2. The quantitative estimate of drug-likeness (QED) is 0.0777. The van der Waals surface area contributed by atoms with E-state index >= 15 is 0 Å². The maximum Gasteiger partial charge on any atom is 0.124 e. The number of hydrogen-bond acceptors (Lipinski definition) is 4. The van der Waals surface area contributed by atoms with Crippen LogP contribution in [0.3, 0.4) is 0 Å². The van der Waals surface area contributed by atoms with Crippen LogP contribution < -0.4 is 2.89 Å². The Kier molecular flexibility index (Phi) is 25.8. The Morgan fingerprint density at radius 2 is 0.889 bits per heavy atom. The van der Waals surface area contributed by atoms with Gasteiger partial charge in [-0.25, -0.2) is 4.98 Å². The second-order valence-electron chi connectivity index (χ2n) is 15.6. The predicted molar refractivity (Wildman–Crippen MR) is 257 cm³/mol. The molecule has 0 N–H and O–H groups in total. The van der Waals surface area contributed by atoms with Crippen molar-refractivity contribution in [2.45, 2.75) is 173 Å². The number of nitrogens with zero attached hydrogens (tertiary/aromatic N) is 2. The summed E-state index contributed by atoms with van der Waals surface area (Å²) in [5.41, 5.74) is 7.89. The molecule has 0 fully saturated rings. The van der Waals surface area contributed by atoms with E-state index in [0.29, 0.717) is 0 Å². The fourth-order valence-corrected chi connectivity index (χ4v) is 41.1. The molecule has 0 radical (unpaired) electrons. The van der Waals surface area contributed by atoms with Crippen LogP contribution in [-0.4, -0.2) is 45.6 Å². The number of unbranched alkanes of at least 4 members (excludes halogenated alkanes) is 6. The van der Waals surface area contributed by atoms with Gasteiger partial charge in [0.1, 0.15) is 5.01 Å². The van der Waals surface area contributed by atoms with Gasteiger partial charge in [0, 0.05) is 5.56 Å². The Morgan fingerprint density at radius 3 is 1.24 bits per heavy atom. The van der Waals surface area contributed by atoms with Crippen LogP contribution in [0.2, 0.25) is 26.6 Å². The van der Waals surface area contributed by atoms with E-state index in [1.54, 1.807) is 14.2 Å². The zero-order valence-corrected chi connectivity index (χ0v) is 45.5. The molecule has 4 aromatic rings. The molecule has 0 unspecified atom stereocenters. The molecule has 0 saturated carbocycles. The van der Waals surface area contributed by atoms with E-state index in [1.807, 2.05) is 17.5 Å². The van der Waals surface area contributed by atoms with Gasteiger partial charge in [0.05, 0.1) is 9.98 Å². The van der Waals surface area contributed by atoms with Gasteiger partial charge in [0.15, 0.2) is 0 Å². The van der Waals surface area contributed by atoms with Crippen molar-refractivity contribution in [1.82, 2.24) is 9.97 Å². The molecule has 0 aliphatic heterocycles. The summed E-state index contributed by atoms with van der Waals surface area (Å²) in [6.07, 6.45) is 20.5. The van der Waals surface area contributed by atoms with Crippen molar-refractivity contribution in [3.8, 4) is 21.1 Å². The van der Waals surface area contributed by atoms with Gasteiger partial charge in [-0.15, -0.1) is 11.3 Å². The summed E-state index contributed by atoms with van der Waals surface area (Å²) in [6.45, 7) is 22.5. The summed E-state index contributed by atoms with van der Waals surface area (Å²) in [5.74, 6) is 0. The Morgan fingerprint density at radius 1 is 0.519 bits per heavy atom. The number of benzene rings is 2. The predicted octanol–water partition coefficient (Wildman–Crippen LogP) is 17.2. The Bertz CT molecular complexity index is 1560. The maximum atomic E-state index is 6.89. The van der Waals surface area contributed by atoms with Crippen molar-refractivity contribution in [2.75, 3.05) is 0 Å². The Balaban J connectivity index is 0.000000305. The minimum atomic E-state index is -2.32. The van der Waals surface area contributed by atoms with E-state index in [2.05, 4.69) is 133 Å². The molecule has 2 heterocycles. The van der Waals surface area contributed by atoms with E-state index < -0.39 is 35.6 Å². The molecule has 0 saturated heterocycles. The fourth-order valence-electron chi connectivity index (χ4n) is 6.94. The van der Waals surface area contributed by atoms with E-state index in [1.165, 1.54) is 142 Å². The minimum Gasteiger partial charge on any atom is -0.243 e. The number of rotatable bonds is 21. The van der Waals surface area contributed by atoms with Gasteiger partial charge in [0.25, 0.3) is 0 Å². The van der Waals surface area contributed by atoms with Gasteiger partial charge in [-0.3, -0.25) is 0 Å². The molecule has 0 aliphatic rings. The van der Waals surface area contributed by atoms with Crippen LogP contribution in [0.1, 0.15) is 141 Å². The molecule has 0 atom stereocenters. The van der Waals surface area contributed by atoms with Gasteiger partial charge in [-0.2, -0.15) is 0 Å². The Hall–Kier alpha value is 0.0674. The molecule has 0 amide bonds. The molecular weight excluding hydrogens is 997 g/mol. The van der Waals surface area contributed by atoms with Crippen LogP contribution in [0.4, 0.5) is 0 Å². The second kappa shape index (κ2) is 27.7. The van der Waals surface area contributed by atoms with Gasteiger partial charge >= 0.3 is 269 Å². The van der Waals surface area contributed by atoms with E-state index in [-0.39, 0.29) is 0 Å². The van der Waals surface area contributed by atoms with Gasteiger partial charge in [0.2, 0.25) is 0 Å². The summed E-state index contributed by atoms with van der Waals surface area (Å²) < 4.78 is 11.7. The number of aryl methyl sites for hydroxylation is 4. The molecule has 302 valence electrons. The number of halogens is 2. The second-order valence-corrected chi connectivity index (χ2v) is 49.5. The van der Waals surface area contributed by atoms with Crippen molar-refractivity contribution in [1.29, 1.82) is 0 Å². The number of hydrogen-bond donors (Lipinski definition) is 0. The summed E-state index contributed by atoms with van der Waals surface area (Å²) in [5, 5.41) is 2.31. The van der Waals surface area contributed by atoms with E-state index in [0.717, 1.165) is 8.79 Å². The SMILES string of the molecule is CCC[CH2][Sn]([CH2]CCC)([CH2]CCC)[c]1cnc(-c2ccc(C)c(C)c2)s1.CCC[CH2][Sn]([Cl])([CH2]CCC)[CH2]CCC.Cc1ccc(-c2ncc(Br)s2)cc1C. The average Bonchev–Trinajstić information content (AvgIpc) is 3.85. The minimum absolute atomic E-state index is 1.07. The van der Waals surface area contributed by atoms with Crippen molar-refractivity contribution in [2.24, 2.45) is 0 Å². The first-order valence-corrected chi connectivity index (χ1v) is 40.9. The molecule has 0 aliphatic carbocycles. The third-order valence-electron chi connectivity index (χ3n) is 11.0. The van der Waals surface area contributed by atoms with Gasteiger partial charge in [-0.1, -0.05) is 12.1 Å². The zero-order valence-electron chi connectivity index (χ0n) is 35.8. The first-order valence-electron chi connectivity index (χ1n) is 21.3. The first-order chi connectivity index (χ1) is 25.9. The third-order valence-corrected chi connectivity index (χ3v) is 46.2. The van der Waals surface area contributed by atoms with Crippen LogP contribution in [0, 0.1) is 27.7 Å². The van der Waals surface area contributed by atoms with E-state index in [9.17, 15) is 0 Å². The smallest absolute Gasteiger partial charge is 0.124 e. The molecule has 0 spiro atoms. The largest absolute Gasteiger partial charge is 0.243 e.